The lowest BCUT2D eigenvalue weighted by Gasteiger charge is -2.06. The molecule has 0 radical (unpaired) electrons. The number of benzene rings is 3. The Kier molecular flexibility index (Phi) is 4.65. The first-order valence-electron chi connectivity index (χ1n) is 13.9. The Bertz CT molecular complexity index is 2350. The average Bonchev–Trinajstić information content (AvgIpc) is 3.65. The summed E-state index contributed by atoms with van der Waals surface area (Å²) in [6.45, 7) is 0. The molecule has 5 heterocycles. The first-order valence-corrected chi connectivity index (χ1v) is 14.7. The number of fused-ring (bicyclic) bond motifs is 9. The largest absolute Gasteiger partial charge is 0.328 e. The van der Waals surface area contributed by atoms with E-state index in [9.17, 15) is 0 Å². The summed E-state index contributed by atoms with van der Waals surface area (Å²) in [5, 5.41) is 4.96. The molecule has 0 N–H and O–H groups in total. The summed E-state index contributed by atoms with van der Waals surface area (Å²) >= 11 is 1.85. The fourth-order valence-electron chi connectivity index (χ4n) is 6.75. The van der Waals surface area contributed by atoms with Crippen LogP contribution in [0.1, 0.15) is 11.5 Å². The maximum Gasteiger partial charge on any atom is 0.327 e. The predicted octanol–water partition coefficient (Wildman–Crippen LogP) is 8.76. The van der Waals surface area contributed by atoms with Crippen LogP contribution in [0.25, 0.3) is 64.6 Å². The lowest BCUT2D eigenvalue weighted by atomic mass is 9.93. The molecule has 1 aliphatic heterocycles. The van der Waals surface area contributed by atoms with Crippen molar-refractivity contribution >= 4 is 65.0 Å². The molecule has 0 saturated carbocycles. The van der Waals surface area contributed by atoms with E-state index < -0.39 is 0 Å². The van der Waals surface area contributed by atoms with Crippen LogP contribution in [0.5, 0.6) is 0 Å². The van der Waals surface area contributed by atoms with Crippen LogP contribution in [0.4, 0.5) is 5.82 Å². The van der Waals surface area contributed by atoms with Gasteiger partial charge in [-0.05, 0) is 47.5 Å². The van der Waals surface area contributed by atoms with E-state index in [-0.39, 0.29) is 5.92 Å². The molecule has 0 spiro atoms. The topological polar surface area (TPSA) is 33.7 Å². The molecule has 0 saturated heterocycles. The molecular weight excluding hydrogens is 520 g/mol. The highest BCUT2D eigenvalue weighted by Gasteiger charge is 2.35. The lowest BCUT2D eigenvalue weighted by Crippen LogP contribution is -2.11. The zero-order valence-electron chi connectivity index (χ0n) is 22.7. The molecule has 2 aliphatic rings. The van der Waals surface area contributed by atoms with Crippen molar-refractivity contribution in [3.63, 3.8) is 0 Å². The molecule has 7 aromatic rings. The van der Waals surface area contributed by atoms with E-state index >= 15 is 0 Å². The molecule has 0 amide bonds. The van der Waals surface area contributed by atoms with Crippen molar-refractivity contribution < 1.29 is 4.58 Å². The molecule has 4 nitrogen and oxygen atoms in total. The van der Waals surface area contributed by atoms with Crippen LogP contribution < -0.4 is 0 Å². The Labute approximate surface area is 240 Å². The third kappa shape index (κ3) is 3.12. The van der Waals surface area contributed by atoms with Crippen molar-refractivity contribution in [2.24, 2.45) is 7.05 Å². The molecular formula is C36H25N4S+. The van der Waals surface area contributed by atoms with Gasteiger partial charge in [-0.25, -0.2) is 9.56 Å². The lowest BCUT2D eigenvalue weighted by molar-refractivity contribution is -0.405. The van der Waals surface area contributed by atoms with Gasteiger partial charge in [-0.2, -0.15) is 0 Å². The minimum Gasteiger partial charge on any atom is -0.328 e. The van der Waals surface area contributed by atoms with Crippen molar-refractivity contribution in [2.45, 2.75) is 5.92 Å². The minimum absolute atomic E-state index is 0.288. The number of hydrogen-bond donors (Lipinski definition) is 0. The van der Waals surface area contributed by atoms with Gasteiger partial charge in [0, 0.05) is 49.1 Å². The Hall–Kier alpha value is -4.87. The number of thiophene rings is 1. The Morgan fingerprint density at radius 3 is 2.22 bits per heavy atom. The van der Waals surface area contributed by atoms with E-state index in [1.807, 2.05) is 11.3 Å². The first-order chi connectivity index (χ1) is 20.2. The monoisotopic (exact) mass is 545 g/mol. The number of rotatable bonds is 2. The Balaban J connectivity index is 1.23. The summed E-state index contributed by atoms with van der Waals surface area (Å²) in [5.41, 5.74) is 9.12. The fraction of sp³-hybridized carbons (Fsp3) is 0.0833. The molecule has 0 fully saturated rings. The van der Waals surface area contributed by atoms with Crippen LogP contribution in [-0.4, -0.2) is 31.9 Å². The molecule has 41 heavy (non-hydrogen) atoms. The average molecular weight is 546 g/mol. The van der Waals surface area contributed by atoms with Crippen LogP contribution >= 0.6 is 11.3 Å². The molecule has 194 valence electrons. The van der Waals surface area contributed by atoms with E-state index in [1.54, 1.807) is 0 Å². The van der Waals surface area contributed by atoms with Crippen LogP contribution in [0.15, 0.2) is 109 Å². The van der Waals surface area contributed by atoms with Crippen molar-refractivity contribution in [1.29, 1.82) is 0 Å². The molecule has 1 aliphatic carbocycles. The Morgan fingerprint density at radius 1 is 0.707 bits per heavy atom. The van der Waals surface area contributed by atoms with Gasteiger partial charge in [0.15, 0.2) is 5.69 Å². The quantitative estimate of drug-likeness (QED) is 0.204. The maximum absolute atomic E-state index is 5.22. The number of aromatic nitrogens is 3. The molecule has 0 bridgehead atoms. The van der Waals surface area contributed by atoms with E-state index in [0.29, 0.717) is 0 Å². The molecule has 4 aromatic heterocycles. The van der Waals surface area contributed by atoms with Crippen LogP contribution in [0.3, 0.4) is 0 Å². The highest BCUT2D eigenvalue weighted by molar-refractivity contribution is 7.26. The minimum atomic E-state index is 0.288. The molecule has 1 atom stereocenters. The summed E-state index contributed by atoms with van der Waals surface area (Å²) < 4.78 is 6.96. The smallest absolute Gasteiger partial charge is 0.327 e. The predicted molar refractivity (Wildman–Crippen MR) is 172 cm³/mol. The zero-order valence-corrected chi connectivity index (χ0v) is 23.5. The van der Waals surface area contributed by atoms with Gasteiger partial charge in [0.1, 0.15) is 11.4 Å². The standard InChI is InChI=1S/C36H25N4S/c1-39-31-15-5-3-9-21(31)25-17-19-29(37-35(25)39)27-13-7-11-23-24-12-8-14-28(34(24)41-33(23)27)30-20-18-26-22-10-4-6-16-32(22)40(2)36(26)38-30/h3-21H,1-2H3/q+1. The van der Waals surface area contributed by atoms with Gasteiger partial charge in [-0.1, -0.05) is 66.8 Å². The van der Waals surface area contributed by atoms with Gasteiger partial charge in [0.25, 0.3) is 0 Å². The Morgan fingerprint density at radius 2 is 1.41 bits per heavy atom. The van der Waals surface area contributed by atoms with Gasteiger partial charge in [0.05, 0.1) is 29.7 Å². The van der Waals surface area contributed by atoms with E-state index in [2.05, 4.69) is 132 Å². The number of pyridine rings is 2. The number of para-hydroxylation sites is 1. The van der Waals surface area contributed by atoms with Crippen LogP contribution in [0.2, 0.25) is 0 Å². The molecule has 9 rings (SSSR count). The van der Waals surface area contributed by atoms with E-state index in [0.717, 1.165) is 22.9 Å². The molecule has 3 aromatic carbocycles. The van der Waals surface area contributed by atoms with Gasteiger partial charge in [-0.15, -0.1) is 11.3 Å². The summed E-state index contributed by atoms with van der Waals surface area (Å²) in [6.07, 6.45) is 8.70. The second-order valence-corrected chi connectivity index (χ2v) is 11.9. The molecule has 1 unspecified atom stereocenters. The normalized spacial score (nSPS) is 16.0. The third-order valence-electron chi connectivity index (χ3n) is 8.77. The summed E-state index contributed by atoms with van der Waals surface area (Å²) in [5.74, 6) is 1.33. The first kappa shape index (κ1) is 22.9. The SMILES string of the molecule is Cn1c2ccccc2c2ccc(-c3cccc4c3sc3c(-c5ccc6c(n5)[N+](C)=C5C=CC=CC56)cccc34)nc21. The number of allylic oxidation sites excluding steroid dienone is 4. The molecule has 5 heteroatoms. The highest BCUT2D eigenvalue weighted by atomic mass is 32.1. The van der Waals surface area contributed by atoms with Gasteiger partial charge >= 0.3 is 5.82 Å². The summed E-state index contributed by atoms with van der Waals surface area (Å²) in [7, 11) is 4.23. The van der Waals surface area contributed by atoms with Gasteiger partial charge < -0.3 is 4.57 Å². The van der Waals surface area contributed by atoms with Crippen LogP contribution in [-0.2, 0) is 7.05 Å². The number of nitrogens with zero attached hydrogens (tertiary/aromatic N) is 4. The van der Waals surface area contributed by atoms with Crippen molar-refractivity contribution in [2.75, 3.05) is 7.05 Å². The van der Waals surface area contributed by atoms with Crippen molar-refractivity contribution in [3.8, 4) is 22.5 Å². The maximum atomic E-state index is 5.22. The van der Waals surface area contributed by atoms with Crippen molar-refractivity contribution in [1.82, 2.24) is 14.5 Å². The number of hydrogen-bond acceptors (Lipinski definition) is 3. The van der Waals surface area contributed by atoms with Crippen LogP contribution in [0, 0.1) is 0 Å². The zero-order chi connectivity index (χ0) is 27.2. The van der Waals surface area contributed by atoms with E-state index in [4.69, 9.17) is 9.97 Å². The highest BCUT2D eigenvalue weighted by Crippen LogP contribution is 2.45. The second-order valence-electron chi connectivity index (χ2n) is 10.9. The third-order valence-corrected chi connectivity index (χ3v) is 10.1. The van der Waals surface area contributed by atoms with Gasteiger partial charge in [0.2, 0.25) is 0 Å². The van der Waals surface area contributed by atoms with Gasteiger partial charge in [-0.3, -0.25) is 0 Å². The summed E-state index contributed by atoms with van der Waals surface area (Å²) in [4.78, 5) is 10.4. The summed E-state index contributed by atoms with van der Waals surface area (Å²) in [6, 6.07) is 30.6. The van der Waals surface area contributed by atoms with Crippen molar-refractivity contribution in [3.05, 3.63) is 115 Å². The second kappa shape index (κ2) is 8.32. The fourth-order valence-corrected chi connectivity index (χ4v) is 8.10. The van der Waals surface area contributed by atoms with E-state index in [1.165, 1.54) is 58.9 Å². The number of aryl methyl sites for hydroxylation is 1.